The van der Waals surface area contributed by atoms with E-state index in [9.17, 15) is 12.8 Å². The Morgan fingerprint density at radius 2 is 1.86 bits per heavy atom. The molecule has 1 heterocycles. The molecule has 2 rings (SSSR count). The first-order valence-corrected chi connectivity index (χ1v) is 8.69. The lowest BCUT2D eigenvalue weighted by molar-refractivity contribution is 0.264. The van der Waals surface area contributed by atoms with Crippen LogP contribution < -0.4 is 5.32 Å². The number of hydrogen-bond acceptors (Lipinski definition) is 3. The third-order valence-corrected chi connectivity index (χ3v) is 5.69. The molecular formula is C14H18FN3O2S2. The van der Waals surface area contributed by atoms with E-state index in [-0.39, 0.29) is 4.90 Å². The van der Waals surface area contributed by atoms with E-state index in [1.807, 2.05) is 4.90 Å². The van der Waals surface area contributed by atoms with Crippen molar-refractivity contribution in [2.24, 2.45) is 0 Å². The van der Waals surface area contributed by atoms with Crippen LogP contribution in [0.2, 0.25) is 0 Å². The lowest BCUT2D eigenvalue weighted by Crippen LogP contribution is -2.53. The van der Waals surface area contributed by atoms with Gasteiger partial charge in [0.1, 0.15) is 5.82 Å². The number of rotatable bonds is 4. The quantitative estimate of drug-likeness (QED) is 0.657. The molecular weight excluding hydrogens is 325 g/mol. The number of piperazine rings is 1. The summed E-state index contributed by atoms with van der Waals surface area (Å²) in [6.07, 6.45) is 1.71. The average Bonchev–Trinajstić information content (AvgIpc) is 2.53. The minimum absolute atomic E-state index is 0.106. The second-order valence-electron chi connectivity index (χ2n) is 4.82. The Labute approximate surface area is 135 Å². The van der Waals surface area contributed by atoms with Crippen LogP contribution in [0.5, 0.6) is 0 Å². The average molecular weight is 343 g/mol. The van der Waals surface area contributed by atoms with Gasteiger partial charge in [-0.25, -0.2) is 12.8 Å². The minimum atomic E-state index is -3.58. The maximum absolute atomic E-state index is 12.9. The van der Waals surface area contributed by atoms with Crippen LogP contribution in [-0.4, -0.2) is 55.5 Å². The molecule has 0 saturated carbocycles. The molecule has 1 saturated heterocycles. The maximum atomic E-state index is 12.9. The van der Waals surface area contributed by atoms with Gasteiger partial charge in [-0.1, -0.05) is 6.08 Å². The third kappa shape index (κ3) is 3.82. The molecule has 0 radical (unpaired) electrons. The fourth-order valence-electron chi connectivity index (χ4n) is 2.16. The zero-order chi connectivity index (χ0) is 16.2. The van der Waals surface area contributed by atoms with E-state index in [4.69, 9.17) is 12.2 Å². The summed E-state index contributed by atoms with van der Waals surface area (Å²) in [6.45, 7) is 5.90. The number of thiocarbonyl (C=S) groups is 1. The van der Waals surface area contributed by atoms with Crippen molar-refractivity contribution in [2.45, 2.75) is 4.90 Å². The molecule has 1 N–H and O–H groups in total. The molecule has 22 heavy (non-hydrogen) atoms. The summed E-state index contributed by atoms with van der Waals surface area (Å²) in [7, 11) is -3.58. The lowest BCUT2D eigenvalue weighted by Gasteiger charge is -2.35. The van der Waals surface area contributed by atoms with Gasteiger partial charge in [-0.15, -0.1) is 6.58 Å². The Balaban J connectivity index is 2.00. The highest BCUT2D eigenvalue weighted by Crippen LogP contribution is 2.18. The van der Waals surface area contributed by atoms with Crippen LogP contribution in [0, 0.1) is 5.82 Å². The fraction of sp³-hybridized carbons (Fsp3) is 0.357. The van der Waals surface area contributed by atoms with Crippen molar-refractivity contribution in [3.05, 3.63) is 42.7 Å². The maximum Gasteiger partial charge on any atom is 0.243 e. The highest BCUT2D eigenvalue weighted by atomic mass is 32.2. The molecule has 8 heteroatoms. The van der Waals surface area contributed by atoms with Gasteiger partial charge < -0.3 is 10.2 Å². The molecule has 1 aromatic rings. The van der Waals surface area contributed by atoms with E-state index >= 15 is 0 Å². The van der Waals surface area contributed by atoms with Crippen molar-refractivity contribution in [1.29, 1.82) is 0 Å². The summed E-state index contributed by atoms with van der Waals surface area (Å²) in [6, 6.07) is 4.87. The lowest BCUT2D eigenvalue weighted by atomic mass is 10.4. The molecule has 5 nitrogen and oxygen atoms in total. The second kappa shape index (κ2) is 7.17. The summed E-state index contributed by atoms with van der Waals surface area (Å²) in [5.41, 5.74) is 0. The summed E-state index contributed by atoms with van der Waals surface area (Å²) in [5.74, 6) is -0.456. The molecule has 0 aromatic heterocycles. The number of hydrogen-bond donors (Lipinski definition) is 1. The number of benzene rings is 1. The molecule has 1 aliphatic rings. The summed E-state index contributed by atoms with van der Waals surface area (Å²) >= 11 is 5.24. The van der Waals surface area contributed by atoms with Crippen LogP contribution >= 0.6 is 12.2 Å². The molecule has 0 aliphatic carbocycles. The SMILES string of the molecule is C=CCNC(=S)N1CCN(S(=O)(=O)c2ccc(F)cc2)CC1. The summed E-state index contributed by atoms with van der Waals surface area (Å²) < 4.78 is 39.3. The molecule has 0 bridgehead atoms. The standard InChI is InChI=1S/C14H18FN3O2S2/c1-2-7-16-14(21)17-8-10-18(11-9-17)22(19,20)13-5-3-12(15)4-6-13/h2-6H,1,7-11H2,(H,16,21). The van der Waals surface area contributed by atoms with Gasteiger partial charge in [-0.05, 0) is 36.5 Å². The van der Waals surface area contributed by atoms with Crippen LogP contribution in [-0.2, 0) is 10.0 Å². The second-order valence-corrected chi connectivity index (χ2v) is 7.14. The molecule has 0 unspecified atom stereocenters. The smallest absolute Gasteiger partial charge is 0.243 e. The van der Waals surface area contributed by atoms with E-state index in [1.54, 1.807) is 6.08 Å². The van der Waals surface area contributed by atoms with Gasteiger partial charge in [0.15, 0.2) is 5.11 Å². The first-order valence-electron chi connectivity index (χ1n) is 6.84. The van der Waals surface area contributed by atoms with Crippen LogP contribution in [0.1, 0.15) is 0 Å². The van der Waals surface area contributed by atoms with Crippen molar-refractivity contribution >= 4 is 27.4 Å². The van der Waals surface area contributed by atoms with Gasteiger partial charge in [0.05, 0.1) is 4.90 Å². The molecule has 1 fully saturated rings. The van der Waals surface area contributed by atoms with Gasteiger partial charge in [-0.3, -0.25) is 0 Å². The molecule has 120 valence electrons. The van der Waals surface area contributed by atoms with Crippen molar-refractivity contribution < 1.29 is 12.8 Å². The monoisotopic (exact) mass is 343 g/mol. The van der Waals surface area contributed by atoms with E-state index in [1.165, 1.54) is 16.4 Å². The van der Waals surface area contributed by atoms with Crippen LogP contribution in [0.15, 0.2) is 41.8 Å². The first-order chi connectivity index (χ1) is 10.4. The Morgan fingerprint density at radius 3 is 2.41 bits per heavy atom. The normalized spacial score (nSPS) is 16.3. The van der Waals surface area contributed by atoms with E-state index in [0.29, 0.717) is 37.8 Å². The van der Waals surface area contributed by atoms with Crippen LogP contribution in [0.25, 0.3) is 0 Å². The Kier molecular flexibility index (Phi) is 5.49. The minimum Gasteiger partial charge on any atom is -0.359 e. The fourth-order valence-corrected chi connectivity index (χ4v) is 3.85. The zero-order valence-corrected chi connectivity index (χ0v) is 13.7. The largest absolute Gasteiger partial charge is 0.359 e. The molecule has 0 atom stereocenters. The van der Waals surface area contributed by atoms with Gasteiger partial charge >= 0.3 is 0 Å². The number of nitrogens with zero attached hydrogens (tertiary/aromatic N) is 2. The molecule has 1 aromatic carbocycles. The Bertz CT molecular complexity index is 639. The topological polar surface area (TPSA) is 52.6 Å². The van der Waals surface area contributed by atoms with Crippen LogP contribution in [0.4, 0.5) is 4.39 Å². The predicted octanol–water partition coefficient (Wildman–Crippen LogP) is 1.19. The van der Waals surface area contributed by atoms with E-state index in [0.717, 1.165) is 12.1 Å². The molecule has 0 amide bonds. The van der Waals surface area contributed by atoms with Gasteiger partial charge in [0, 0.05) is 32.7 Å². The number of nitrogens with one attached hydrogen (secondary N) is 1. The first kappa shape index (κ1) is 16.9. The summed E-state index contributed by atoms with van der Waals surface area (Å²) in [4.78, 5) is 2.03. The van der Waals surface area contributed by atoms with Gasteiger partial charge in [0.2, 0.25) is 10.0 Å². The number of sulfonamides is 1. The third-order valence-electron chi connectivity index (χ3n) is 3.37. The van der Waals surface area contributed by atoms with Crippen LogP contribution in [0.3, 0.4) is 0 Å². The van der Waals surface area contributed by atoms with Crippen molar-refractivity contribution in [1.82, 2.24) is 14.5 Å². The van der Waals surface area contributed by atoms with E-state index < -0.39 is 15.8 Å². The Hall–Kier alpha value is -1.51. The van der Waals surface area contributed by atoms with Crippen molar-refractivity contribution in [3.63, 3.8) is 0 Å². The summed E-state index contributed by atoms with van der Waals surface area (Å²) in [5, 5.41) is 3.62. The van der Waals surface area contributed by atoms with Gasteiger partial charge in [0.25, 0.3) is 0 Å². The van der Waals surface area contributed by atoms with E-state index in [2.05, 4.69) is 11.9 Å². The van der Waals surface area contributed by atoms with Gasteiger partial charge in [-0.2, -0.15) is 4.31 Å². The molecule has 0 spiro atoms. The predicted molar refractivity (Wildman–Crippen MR) is 87.5 cm³/mol. The van der Waals surface area contributed by atoms with Crippen molar-refractivity contribution in [3.8, 4) is 0 Å². The zero-order valence-electron chi connectivity index (χ0n) is 12.0. The highest BCUT2D eigenvalue weighted by Gasteiger charge is 2.29. The van der Waals surface area contributed by atoms with Crippen molar-refractivity contribution in [2.75, 3.05) is 32.7 Å². The highest BCUT2D eigenvalue weighted by molar-refractivity contribution is 7.89. The Morgan fingerprint density at radius 1 is 1.27 bits per heavy atom. The molecule has 1 aliphatic heterocycles. The number of halogens is 1.